The van der Waals surface area contributed by atoms with E-state index in [-0.39, 0.29) is 5.91 Å². The van der Waals surface area contributed by atoms with E-state index in [4.69, 9.17) is 4.74 Å². The number of hydrogen-bond acceptors (Lipinski definition) is 4. The standard InChI is InChI=1S/C25H26N2O3/c1-3-20-17(2)22(19-13-7-8-14-21(19)26-20)25(29)30-23(18-11-5-4-6-12-18)24(28)27-15-9-10-16-27/h4-8,11-14,23H,3,9-10,15-16H2,1-2H3/t23-/m0/s1. The second-order valence-corrected chi connectivity index (χ2v) is 7.66. The lowest BCUT2D eigenvalue weighted by atomic mass is 10.00. The van der Waals surface area contributed by atoms with E-state index >= 15 is 0 Å². The van der Waals surface area contributed by atoms with Crippen molar-refractivity contribution in [2.75, 3.05) is 13.1 Å². The van der Waals surface area contributed by atoms with E-state index in [0.717, 1.165) is 35.0 Å². The predicted molar refractivity (Wildman–Crippen MR) is 116 cm³/mol. The van der Waals surface area contributed by atoms with Crippen molar-refractivity contribution in [2.45, 2.75) is 39.2 Å². The molecule has 1 saturated heterocycles. The van der Waals surface area contributed by atoms with E-state index in [2.05, 4.69) is 4.98 Å². The number of ether oxygens (including phenoxy) is 1. The molecule has 1 amide bonds. The number of likely N-dealkylation sites (tertiary alicyclic amines) is 1. The lowest BCUT2D eigenvalue weighted by molar-refractivity contribution is -0.140. The number of para-hydroxylation sites is 1. The number of pyridine rings is 1. The molecule has 5 nitrogen and oxygen atoms in total. The van der Waals surface area contributed by atoms with Crippen LogP contribution in [0.25, 0.3) is 10.9 Å². The van der Waals surface area contributed by atoms with Gasteiger partial charge in [-0.25, -0.2) is 4.79 Å². The Kier molecular flexibility index (Phi) is 5.79. The number of fused-ring (bicyclic) bond motifs is 1. The fraction of sp³-hybridized carbons (Fsp3) is 0.320. The molecule has 1 fully saturated rings. The number of rotatable bonds is 5. The van der Waals surface area contributed by atoms with Gasteiger partial charge in [0, 0.05) is 29.7 Å². The number of hydrogen-bond donors (Lipinski definition) is 0. The molecule has 1 aromatic heterocycles. The van der Waals surface area contributed by atoms with E-state index < -0.39 is 12.1 Å². The first-order chi connectivity index (χ1) is 14.6. The molecule has 0 bridgehead atoms. The molecule has 0 unspecified atom stereocenters. The molecule has 1 aliphatic heterocycles. The van der Waals surface area contributed by atoms with Gasteiger partial charge in [-0.3, -0.25) is 9.78 Å². The summed E-state index contributed by atoms with van der Waals surface area (Å²) in [5.74, 6) is -0.638. The number of benzene rings is 2. The summed E-state index contributed by atoms with van der Waals surface area (Å²) in [5, 5.41) is 0.748. The van der Waals surface area contributed by atoms with Crippen LogP contribution in [0.2, 0.25) is 0 Å². The Morgan fingerprint density at radius 1 is 1.03 bits per heavy atom. The quantitative estimate of drug-likeness (QED) is 0.584. The van der Waals surface area contributed by atoms with Crippen LogP contribution in [0.4, 0.5) is 0 Å². The average molecular weight is 402 g/mol. The Bertz CT molecular complexity index is 1070. The molecular formula is C25H26N2O3. The first-order valence-electron chi connectivity index (χ1n) is 10.5. The molecule has 0 aliphatic carbocycles. The maximum absolute atomic E-state index is 13.4. The second-order valence-electron chi connectivity index (χ2n) is 7.66. The van der Waals surface area contributed by atoms with Crippen molar-refractivity contribution >= 4 is 22.8 Å². The number of carbonyl (C=O) groups excluding carboxylic acids is 2. The zero-order chi connectivity index (χ0) is 21.1. The lowest BCUT2D eigenvalue weighted by Gasteiger charge is -2.24. The van der Waals surface area contributed by atoms with Crippen LogP contribution in [0, 0.1) is 6.92 Å². The van der Waals surface area contributed by atoms with E-state index in [9.17, 15) is 9.59 Å². The third-order valence-corrected chi connectivity index (χ3v) is 5.74. The number of esters is 1. The number of nitrogens with zero attached hydrogens (tertiary/aromatic N) is 2. The van der Waals surface area contributed by atoms with Gasteiger partial charge in [-0.2, -0.15) is 0 Å². The van der Waals surface area contributed by atoms with Crippen molar-refractivity contribution in [2.24, 2.45) is 0 Å². The fourth-order valence-corrected chi connectivity index (χ4v) is 4.12. The van der Waals surface area contributed by atoms with Gasteiger partial charge >= 0.3 is 5.97 Å². The highest BCUT2D eigenvalue weighted by Gasteiger charge is 2.32. The summed E-state index contributed by atoms with van der Waals surface area (Å²) in [6.45, 7) is 5.32. The molecule has 0 spiro atoms. The van der Waals surface area contributed by atoms with Gasteiger partial charge < -0.3 is 9.64 Å². The highest BCUT2D eigenvalue weighted by Crippen LogP contribution is 2.28. The molecule has 1 aliphatic rings. The Morgan fingerprint density at radius 2 is 1.70 bits per heavy atom. The summed E-state index contributed by atoms with van der Waals surface area (Å²) in [6.07, 6.45) is 1.73. The van der Waals surface area contributed by atoms with E-state index in [1.54, 1.807) is 4.90 Å². The predicted octanol–water partition coefficient (Wildman–Crippen LogP) is 4.63. The molecule has 0 saturated carbocycles. The van der Waals surface area contributed by atoms with E-state index in [1.165, 1.54) is 0 Å². The second kappa shape index (κ2) is 8.66. The molecule has 1 atom stereocenters. The zero-order valence-corrected chi connectivity index (χ0v) is 17.4. The zero-order valence-electron chi connectivity index (χ0n) is 17.4. The van der Waals surface area contributed by atoms with Crippen LogP contribution < -0.4 is 0 Å². The van der Waals surface area contributed by atoms with Gasteiger partial charge in [0.25, 0.3) is 5.91 Å². The number of aryl methyl sites for hydroxylation is 1. The molecule has 5 heteroatoms. The van der Waals surface area contributed by atoms with Crippen LogP contribution >= 0.6 is 0 Å². The van der Waals surface area contributed by atoms with Gasteiger partial charge in [-0.15, -0.1) is 0 Å². The largest absolute Gasteiger partial charge is 0.444 e. The van der Waals surface area contributed by atoms with Crippen molar-refractivity contribution in [3.8, 4) is 0 Å². The average Bonchev–Trinajstić information content (AvgIpc) is 3.32. The first-order valence-corrected chi connectivity index (χ1v) is 10.5. The summed E-state index contributed by atoms with van der Waals surface area (Å²) in [5.41, 5.74) is 3.61. The molecule has 30 heavy (non-hydrogen) atoms. The smallest absolute Gasteiger partial charge is 0.340 e. The van der Waals surface area contributed by atoms with Gasteiger partial charge in [0.15, 0.2) is 0 Å². The van der Waals surface area contributed by atoms with Gasteiger partial charge in [-0.1, -0.05) is 55.5 Å². The van der Waals surface area contributed by atoms with Gasteiger partial charge in [0.05, 0.1) is 11.1 Å². The number of amides is 1. The monoisotopic (exact) mass is 402 g/mol. The summed E-state index contributed by atoms with van der Waals surface area (Å²) in [7, 11) is 0. The van der Waals surface area contributed by atoms with Crippen molar-refractivity contribution < 1.29 is 14.3 Å². The molecule has 0 N–H and O–H groups in total. The highest BCUT2D eigenvalue weighted by molar-refractivity contribution is 6.05. The van der Waals surface area contributed by atoms with Crippen LogP contribution in [-0.4, -0.2) is 34.8 Å². The third kappa shape index (κ3) is 3.80. The highest BCUT2D eigenvalue weighted by atomic mass is 16.5. The molecule has 2 heterocycles. The molecule has 3 aromatic rings. The third-order valence-electron chi connectivity index (χ3n) is 5.74. The van der Waals surface area contributed by atoms with Crippen molar-refractivity contribution in [1.82, 2.24) is 9.88 Å². The molecule has 154 valence electrons. The van der Waals surface area contributed by atoms with Crippen LogP contribution in [0.3, 0.4) is 0 Å². The minimum absolute atomic E-state index is 0.154. The maximum atomic E-state index is 13.4. The molecular weight excluding hydrogens is 376 g/mol. The van der Waals surface area contributed by atoms with Gasteiger partial charge in [-0.05, 0) is 37.8 Å². The van der Waals surface area contributed by atoms with Crippen LogP contribution in [-0.2, 0) is 16.0 Å². The topological polar surface area (TPSA) is 59.5 Å². The molecule has 0 radical (unpaired) electrons. The minimum atomic E-state index is -0.951. The van der Waals surface area contributed by atoms with Crippen molar-refractivity contribution in [1.29, 1.82) is 0 Å². The van der Waals surface area contributed by atoms with Crippen LogP contribution in [0.1, 0.15) is 53.0 Å². The summed E-state index contributed by atoms with van der Waals surface area (Å²) in [6, 6.07) is 16.8. The van der Waals surface area contributed by atoms with Crippen LogP contribution in [0.15, 0.2) is 54.6 Å². The van der Waals surface area contributed by atoms with Gasteiger partial charge in [0.1, 0.15) is 0 Å². The van der Waals surface area contributed by atoms with Crippen molar-refractivity contribution in [3.05, 3.63) is 77.0 Å². The maximum Gasteiger partial charge on any atom is 0.340 e. The normalized spacial score (nSPS) is 14.7. The van der Waals surface area contributed by atoms with E-state index in [1.807, 2.05) is 68.4 Å². The minimum Gasteiger partial charge on any atom is -0.444 e. The summed E-state index contributed by atoms with van der Waals surface area (Å²) in [4.78, 5) is 33.1. The SMILES string of the molecule is CCc1nc2ccccc2c(C(=O)O[C@H](C(=O)N2CCCC2)c2ccccc2)c1C. The Balaban J connectivity index is 1.74. The first kappa shape index (κ1) is 20.1. The lowest BCUT2D eigenvalue weighted by Crippen LogP contribution is -2.35. The summed E-state index contributed by atoms with van der Waals surface area (Å²) < 4.78 is 5.93. The molecule has 2 aromatic carbocycles. The van der Waals surface area contributed by atoms with Crippen LogP contribution in [0.5, 0.6) is 0 Å². The fourth-order valence-electron chi connectivity index (χ4n) is 4.12. The summed E-state index contributed by atoms with van der Waals surface area (Å²) >= 11 is 0. The Morgan fingerprint density at radius 3 is 2.40 bits per heavy atom. The number of carbonyl (C=O) groups is 2. The van der Waals surface area contributed by atoms with Crippen molar-refractivity contribution in [3.63, 3.8) is 0 Å². The van der Waals surface area contributed by atoms with E-state index in [0.29, 0.717) is 30.6 Å². The Labute approximate surface area is 176 Å². The molecule has 4 rings (SSSR count). The van der Waals surface area contributed by atoms with Gasteiger partial charge in [0.2, 0.25) is 6.10 Å². The Hall–Kier alpha value is -3.21. The number of aromatic nitrogens is 1.